The quantitative estimate of drug-likeness (QED) is 0.858. The van der Waals surface area contributed by atoms with Crippen molar-refractivity contribution in [3.8, 4) is 5.75 Å². The molecule has 0 atom stereocenters. The summed E-state index contributed by atoms with van der Waals surface area (Å²) in [6.07, 6.45) is 2.95. The smallest absolute Gasteiger partial charge is 0.138 e. The average molecular weight is 260 g/mol. The van der Waals surface area contributed by atoms with Gasteiger partial charge >= 0.3 is 0 Å². The summed E-state index contributed by atoms with van der Waals surface area (Å²) in [5.41, 5.74) is 3.89. The summed E-state index contributed by atoms with van der Waals surface area (Å²) in [4.78, 5) is 4.32. The minimum absolute atomic E-state index is 0.236. The van der Waals surface area contributed by atoms with Crippen molar-refractivity contribution in [2.45, 2.75) is 33.4 Å². The Bertz CT molecular complexity index is 563. The van der Waals surface area contributed by atoms with Crippen molar-refractivity contribution in [2.75, 3.05) is 0 Å². The van der Waals surface area contributed by atoms with E-state index in [1.54, 1.807) is 12.1 Å². The van der Waals surface area contributed by atoms with Gasteiger partial charge in [-0.3, -0.25) is 9.67 Å². The van der Waals surface area contributed by atoms with E-state index < -0.39 is 0 Å². The number of aromatic hydroxyl groups is 1. The summed E-state index contributed by atoms with van der Waals surface area (Å²) in [6.45, 7) is 5.29. The van der Waals surface area contributed by atoms with Gasteiger partial charge < -0.3 is 10.4 Å². The lowest BCUT2D eigenvalue weighted by molar-refractivity contribution is 0.459. The van der Waals surface area contributed by atoms with Crippen LogP contribution in [0.25, 0.3) is 0 Å². The number of nitrogens with zero attached hydrogens (tertiary/aromatic N) is 3. The monoisotopic (exact) mass is 260 g/mol. The second-order valence-corrected chi connectivity index (χ2v) is 4.65. The maximum Gasteiger partial charge on any atom is 0.138 e. The molecule has 0 saturated carbocycles. The zero-order valence-electron chi connectivity index (χ0n) is 11.6. The van der Waals surface area contributed by atoms with Crippen molar-refractivity contribution in [2.24, 2.45) is 7.05 Å². The Morgan fingerprint density at radius 3 is 2.79 bits per heavy atom. The SMILES string of the molecule is CCc1nn(C)cc1CNCc1nc(C)ccc1O. The van der Waals surface area contributed by atoms with Gasteiger partial charge in [-0.05, 0) is 25.5 Å². The number of aromatic nitrogens is 3. The highest BCUT2D eigenvalue weighted by atomic mass is 16.3. The first-order chi connectivity index (χ1) is 9.10. The van der Waals surface area contributed by atoms with Crippen LogP contribution in [0.1, 0.15) is 29.6 Å². The van der Waals surface area contributed by atoms with E-state index in [-0.39, 0.29) is 5.75 Å². The van der Waals surface area contributed by atoms with Crippen molar-refractivity contribution in [3.05, 3.63) is 41.0 Å². The molecule has 2 aromatic rings. The topological polar surface area (TPSA) is 63.0 Å². The van der Waals surface area contributed by atoms with Crippen LogP contribution in [0.15, 0.2) is 18.3 Å². The van der Waals surface area contributed by atoms with Crippen molar-refractivity contribution in [3.63, 3.8) is 0 Å². The van der Waals surface area contributed by atoms with Crippen molar-refractivity contribution in [1.82, 2.24) is 20.1 Å². The van der Waals surface area contributed by atoms with Gasteiger partial charge in [0, 0.05) is 37.6 Å². The molecule has 5 heteroatoms. The highest BCUT2D eigenvalue weighted by Crippen LogP contribution is 2.14. The van der Waals surface area contributed by atoms with Gasteiger partial charge in [-0.1, -0.05) is 6.92 Å². The predicted octanol–water partition coefficient (Wildman–Crippen LogP) is 1.68. The van der Waals surface area contributed by atoms with Gasteiger partial charge in [0.05, 0.1) is 11.4 Å². The average Bonchev–Trinajstić information content (AvgIpc) is 2.74. The third-order valence-electron chi connectivity index (χ3n) is 3.02. The van der Waals surface area contributed by atoms with E-state index in [1.807, 2.05) is 24.9 Å². The molecule has 0 aliphatic carbocycles. The molecule has 0 radical (unpaired) electrons. The van der Waals surface area contributed by atoms with Crippen LogP contribution < -0.4 is 5.32 Å². The summed E-state index contributed by atoms with van der Waals surface area (Å²) >= 11 is 0. The van der Waals surface area contributed by atoms with Gasteiger partial charge in [-0.2, -0.15) is 5.10 Å². The number of hydrogen-bond acceptors (Lipinski definition) is 4. The minimum atomic E-state index is 0.236. The van der Waals surface area contributed by atoms with Crippen molar-refractivity contribution < 1.29 is 5.11 Å². The standard InChI is InChI=1S/C14H20N4O/c1-4-12-11(9-18(3)17-12)7-15-8-13-14(19)6-5-10(2)16-13/h5-6,9,15,19H,4,7-8H2,1-3H3. The summed E-state index contributed by atoms with van der Waals surface area (Å²) in [7, 11) is 1.93. The molecule has 0 aliphatic rings. The second-order valence-electron chi connectivity index (χ2n) is 4.65. The van der Waals surface area contributed by atoms with Crippen LogP contribution in [-0.2, 0) is 26.6 Å². The second kappa shape index (κ2) is 5.84. The maximum absolute atomic E-state index is 9.72. The molecule has 0 amide bonds. The fourth-order valence-electron chi connectivity index (χ4n) is 2.08. The lowest BCUT2D eigenvalue weighted by Crippen LogP contribution is -2.14. The molecule has 0 saturated heterocycles. The molecule has 0 aliphatic heterocycles. The van der Waals surface area contributed by atoms with Crippen LogP contribution in [0.3, 0.4) is 0 Å². The summed E-state index contributed by atoms with van der Waals surface area (Å²) < 4.78 is 1.83. The molecule has 0 aromatic carbocycles. The van der Waals surface area contributed by atoms with Gasteiger partial charge in [0.15, 0.2) is 0 Å². The molecule has 2 heterocycles. The number of nitrogens with one attached hydrogen (secondary N) is 1. The molecule has 2 N–H and O–H groups in total. The lowest BCUT2D eigenvalue weighted by Gasteiger charge is -2.06. The number of hydrogen-bond donors (Lipinski definition) is 2. The zero-order valence-corrected chi connectivity index (χ0v) is 11.6. The zero-order chi connectivity index (χ0) is 13.8. The fourth-order valence-corrected chi connectivity index (χ4v) is 2.08. The lowest BCUT2D eigenvalue weighted by atomic mass is 10.2. The first-order valence-electron chi connectivity index (χ1n) is 6.47. The Hall–Kier alpha value is -1.88. The van der Waals surface area contributed by atoms with E-state index in [9.17, 15) is 5.11 Å². The van der Waals surface area contributed by atoms with Crippen LogP contribution in [0.4, 0.5) is 0 Å². The van der Waals surface area contributed by atoms with Gasteiger partial charge in [0.25, 0.3) is 0 Å². The molecule has 2 rings (SSSR count). The van der Waals surface area contributed by atoms with Crippen LogP contribution >= 0.6 is 0 Å². The summed E-state index contributed by atoms with van der Waals surface area (Å²) in [6, 6.07) is 3.48. The van der Waals surface area contributed by atoms with E-state index in [2.05, 4.69) is 22.3 Å². The van der Waals surface area contributed by atoms with E-state index in [1.165, 1.54) is 5.56 Å². The molecule has 0 fully saturated rings. The molecule has 19 heavy (non-hydrogen) atoms. The maximum atomic E-state index is 9.72. The summed E-state index contributed by atoms with van der Waals surface area (Å²) in [5, 5.41) is 17.4. The first-order valence-corrected chi connectivity index (χ1v) is 6.47. The predicted molar refractivity (Wildman–Crippen MR) is 73.8 cm³/mol. The van der Waals surface area contributed by atoms with E-state index in [4.69, 9.17) is 0 Å². The number of rotatable bonds is 5. The van der Waals surface area contributed by atoms with Gasteiger partial charge in [-0.25, -0.2) is 0 Å². The molecular formula is C14H20N4O. The van der Waals surface area contributed by atoms with Gasteiger partial charge in [0.2, 0.25) is 0 Å². The molecular weight excluding hydrogens is 240 g/mol. The molecule has 0 bridgehead atoms. The fraction of sp³-hybridized carbons (Fsp3) is 0.429. The highest BCUT2D eigenvalue weighted by Gasteiger charge is 2.07. The van der Waals surface area contributed by atoms with Crippen LogP contribution in [0.2, 0.25) is 0 Å². The normalized spacial score (nSPS) is 10.9. The number of aryl methyl sites for hydroxylation is 3. The first kappa shape index (κ1) is 13.5. The summed E-state index contributed by atoms with van der Waals surface area (Å²) in [5.74, 6) is 0.236. The third-order valence-corrected chi connectivity index (χ3v) is 3.02. The van der Waals surface area contributed by atoms with E-state index in [0.717, 1.165) is 24.4 Å². The molecule has 102 valence electrons. The Kier molecular flexibility index (Phi) is 4.16. The Morgan fingerprint density at radius 2 is 2.05 bits per heavy atom. The number of pyridine rings is 1. The minimum Gasteiger partial charge on any atom is -0.506 e. The van der Waals surface area contributed by atoms with Gasteiger partial charge in [-0.15, -0.1) is 0 Å². The molecule has 2 aromatic heterocycles. The Balaban J connectivity index is 1.98. The van der Waals surface area contributed by atoms with Crippen molar-refractivity contribution in [1.29, 1.82) is 0 Å². The van der Waals surface area contributed by atoms with Crippen LogP contribution in [-0.4, -0.2) is 19.9 Å². The van der Waals surface area contributed by atoms with Gasteiger partial charge in [0.1, 0.15) is 5.75 Å². The molecule has 0 unspecified atom stereocenters. The molecule has 0 spiro atoms. The Morgan fingerprint density at radius 1 is 1.26 bits per heavy atom. The highest BCUT2D eigenvalue weighted by molar-refractivity contribution is 5.27. The third kappa shape index (κ3) is 3.32. The van der Waals surface area contributed by atoms with E-state index >= 15 is 0 Å². The van der Waals surface area contributed by atoms with Crippen LogP contribution in [0.5, 0.6) is 5.75 Å². The molecule has 5 nitrogen and oxygen atoms in total. The van der Waals surface area contributed by atoms with E-state index in [0.29, 0.717) is 12.2 Å². The largest absolute Gasteiger partial charge is 0.506 e. The van der Waals surface area contributed by atoms with Crippen molar-refractivity contribution >= 4 is 0 Å². The van der Waals surface area contributed by atoms with Crippen LogP contribution in [0, 0.1) is 6.92 Å². The Labute approximate surface area is 113 Å².